The van der Waals surface area contributed by atoms with E-state index in [1.54, 1.807) is 42.5 Å². The Hall–Kier alpha value is -2.09. The van der Waals surface area contributed by atoms with Gasteiger partial charge in [0.2, 0.25) is 5.91 Å². The minimum Gasteiger partial charge on any atom is -0.355 e. The van der Waals surface area contributed by atoms with Crippen LogP contribution in [-0.2, 0) is 14.8 Å². The molecular weight excluding hydrogens is 421 g/mol. The van der Waals surface area contributed by atoms with Gasteiger partial charge in [0, 0.05) is 23.7 Å². The van der Waals surface area contributed by atoms with Crippen LogP contribution >= 0.6 is 23.2 Å². The van der Waals surface area contributed by atoms with E-state index in [2.05, 4.69) is 9.71 Å². The first-order valence-corrected chi connectivity index (χ1v) is 11.0. The summed E-state index contributed by atoms with van der Waals surface area (Å²) in [4.78, 5) is 14.8. The third-order valence-corrected chi connectivity index (χ3v) is 6.77. The number of amidine groups is 1. The second kappa shape index (κ2) is 7.39. The molecule has 0 spiro atoms. The van der Waals surface area contributed by atoms with E-state index >= 15 is 0 Å². The van der Waals surface area contributed by atoms with Crippen LogP contribution in [0.4, 0.5) is 5.69 Å². The maximum Gasteiger partial charge on any atom is 0.285 e. The van der Waals surface area contributed by atoms with Gasteiger partial charge in [-0.05, 0) is 43.2 Å². The van der Waals surface area contributed by atoms with Crippen molar-refractivity contribution >= 4 is 50.7 Å². The molecule has 28 heavy (non-hydrogen) atoms. The maximum absolute atomic E-state index is 12.8. The summed E-state index contributed by atoms with van der Waals surface area (Å²) in [5, 5.41) is 3.70. The zero-order valence-electron chi connectivity index (χ0n) is 14.7. The van der Waals surface area contributed by atoms with E-state index in [-0.39, 0.29) is 16.7 Å². The Morgan fingerprint density at radius 1 is 1.18 bits per heavy atom. The number of piperidine rings is 1. The van der Waals surface area contributed by atoms with Gasteiger partial charge in [0.25, 0.3) is 10.0 Å². The van der Waals surface area contributed by atoms with Crippen LogP contribution in [0.15, 0.2) is 51.8 Å². The molecule has 1 amide bonds. The smallest absolute Gasteiger partial charge is 0.285 e. The molecule has 4 rings (SSSR count). The molecule has 1 unspecified atom stereocenters. The van der Waals surface area contributed by atoms with Gasteiger partial charge < -0.3 is 10.2 Å². The summed E-state index contributed by atoms with van der Waals surface area (Å²) < 4.78 is 28.6. The highest BCUT2D eigenvalue weighted by Gasteiger charge is 2.35. The standard InChI is InChI=1S/C19H17Cl2N3O3S/c20-13-7-8-16(15(21)10-13)22-19(25)12-4-3-9-24(11-12)18-14-5-1-2-6-17(14)28(26,27)23-18/h1-2,5-8,10,12H,3-4,9,11H2,(H,22,25). The summed E-state index contributed by atoms with van der Waals surface area (Å²) in [6.07, 6.45) is 1.46. The number of halogens is 2. The van der Waals surface area contributed by atoms with E-state index in [4.69, 9.17) is 23.2 Å². The summed E-state index contributed by atoms with van der Waals surface area (Å²) in [5.41, 5.74) is 1.09. The fourth-order valence-corrected chi connectivity index (χ4v) is 5.21. The Morgan fingerprint density at radius 2 is 1.96 bits per heavy atom. The molecule has 1 N–H and O–H groups in total. The monoisotopic (exact) mass is 437 g/mol. The second-order valence-corrected chi connectivity index (χ2v) is 9.20. The number of rotatable bonds is 2. The molecule has 6 nitrogen and oxygen atoms in total. The third-order valence-electron chi connectivity index (χ3n) is 4.89. The number of carbonyl (C=O) groups excluding carboxylic acids is 1. The lowest BCUT2D eigenvalue weighted by Crippen LogP contribution is -2.43. The molecule has 1 saturated heterocycles. The lowest BCUT2D eigenvalue weighted by Gasteiger charge is -2.33. The van der Waals surface area contributed by atoms with Crippen molar-refractivity contribution in [1.82, 2.24) is 4.90 Å². The van der Waals surface area contributed by atoms with Crippen molar-refractivity contribution in [1.29, 1.82) is 0 Å². The van der Waals surface area contributed by atoms with Gasteiger partial charge in [-0.15, -0.1) is 4.40 Å². The molecule has 2 aromatic rings. The first kappa shape index (κ1) is 19.2. The van der Waals surface area contributed by atoms with Crippen molar-refractivity contribution in [2.24, 2.45) is 10.3 Å². The maximum atomic E-state index is 12.8. The number of carbonyl (C=O) groups is 1. The number of amides is 1. The summed E-state index contributed by atoms with van der Waals surface area (Å²) in [7, 11) is -3.68. The number of anilines is 1. The number of nitrogens with zero attached hydrogens (tertiary/aromatic N) is 2. The van der Waals surface area contributed by atoms with Crippen LogP contribution in [0.5, 0.6) is 0 Å². The van der Waals surface area contributed by atoms with Crippen molar-refractivity contribution in [2.45, 2.75) is 17.7 Å². The van der Waals surface area contributed by atoms with Gasteiger partial charge in [-0.2, -0.15) is 8.42 Å². The van der Waals surface area contributed by atoms with Crippen molar-refractivity contribution in [3.8, 4) is 0 Å². The number of sulfonamides is 1. The van der Waals surface area contributed by atoms with Crippen LogP contribution in [-0.4, -0.2) is 38.2 Å². The summed E-state index contributed by atoms with van der Waals surface area (Å²) in [6.45, 7) is 1.04. The van der Waals surface area contributed by atoms with Gasteiger partial charge in [-0.25, -0.2) is 0 Å². The van der Waals surface area contributed by atoms with Gasteiger partial charge in [-0.1, -0.05) is 35.3 Å². The molecule has 0 saturated carbocycles. The van der Waals surface area contributed by atoms with Gasteiger partial charge in [0.15, 0.2) is 5.84 Å². The zero-order valence-corrected chi connectivity index (χ0v) is 17.1. The number of hydrogen-bond donors (Lipinski definition) is 1. The van der Waals surface area contributed by atoms with E-state index in [0.717, 1.165) is 6.42 Å². The third kappa shape index (κ3) is 3.62. The molecule has 2 aromatic carbocycles. The Kier molecular flexibility index (Phi) is 5.07. The minimum absolute atomic E-state index is 0.163. The molecule has 2 aliphatic heterocycles. The number of hydrogen-bond acceptors (Lipinski definition) is 4. The molecule has 9 heteroatoms. The van der Waals surface area contributed by atoms with Gasteiger partial charge in [-0.3, -0.25) is 4.79 Å². The highest BCUT2D eigenvalue weighted by atomic mass is 35.5. The number of nitrogens with one attached hydrogen (secondary N) is 1. The summed E-state index contributed by atoms with van der Waals surface area (Å²) >= 11 is 12.0. The summed E-state index contributed by atoms with van der Waals surface area (Å²) in [6, 6.07) is 11.6. The van der Waals surface area contributed by atoms with Crippen molar-refractivity contribution in [3.05, 3.63) is 58.1 Å². The highest BCUT2D eigenvalue weighted by Crippen LogP contribution is 2.31. The minimum atomic E-state index is -3.68. The largest absolute Gasteiger partial charge is 0.355 e. The van der Waals surface area contributed by atoms with Crippen LogP contribution < -0.4 is 5.32 Å². The van der Waals surface area contributed by atoms with Crippen LogP contribution in [0.2, 0.25) is 10.0 Å². The van der Waals surface area contributed by atoms with Crippen LogP contribution in [0.1, 0.15) is 18.4 Å². The molecule has 0 aromatic heterocycles. The van der Waals surface area contributed by atoms with E-state index in [1.807, 2.05) is 4.90 Å². The predicted molar refractivity (Wildman–Crippen MR) is 110 cm³/mol. The molecule has 2 aliphatic rings. The first-order valence-electron chi connectivity index (χ1n) is 8.80. The van der Waals surface area contributed by atoms with Crippen LogP contribution in [0.3, 0.4) is 0 Å². The normalized spacial score (nSPS) is 20.4. The van der Waals surface area contributed by atoms with Crippen molar-refractivity contribution in [2.75, 3.05) is 18.4 Å². The van der Waals surface area contributed by atoms with Crippen LogP contribution in [0.25, 0.3) is 0 Å². The predicted octanol–water partition coefficient (Wildman–Crippen LogP) is 3.79. The van der Waals surface area contributed by atoms with Crippen LogP contribution in [0, 0.1) is 5.92 Å². The van der Waals surface area contributed by atoms with Gasteiger partial charge in [0.1, 0.15) is 4.90 Å². The Balaban J connectivity index is 1.53. The zero-order chi connectivity index (χ0) is 19.9. The SMILES string of the molecule is O=C(Nc1ccc(Cl)cc1Cl)C1CCCN(C2=NS(=O)(=O)c3ccccc32)C1. The number of benzene rings is 2. The molecule has 1 atom stereocenters. The average Bonchev–Trinajstić information content (AvgIpc) is 2.96. The van der Waals surface area contributed by atoms with E-state index in [9.17, 15) is 13.2 Å². The highest BCUT2D eigenvalue weighted by molar-refractivity contribution is 7.90. The lowest BCUT2D eigenvalue weighted by atomic mass is 9.96. The molecule has 0 bridgehead atoms. The van der Waals surface area contributed by atoms with Gasteiger partial charge >= 0.3 is 0 Å². The number of likely N-dealkylation sites (tertiary alicyclic amines) is 1. The average molecular weight is 438 g/mol. The van der Waals surface area contributed by atoms with E-state index < -0.39 is 10.0 Å². The molecule has 2 heterocycles. The molecule has 1 fully saturated rings. The molecular formula is C19H17Cl2N3O3S. The van der Waals surface area contributed by atoms with Crippen molar-refractivity contribution < 1.29 is 13.2 Å². The topological polar surface area (TPSA) is 78.8 Å². The fraction of sp³-hybridized carbons (Fsp3) is 0.263. The fourth-order valence-electron chi connectivity index (χ4n) is 3.53. The molecule has 0 aliphatic carbocycles. The Morgan fingerprint density at radius 3 is 2.75 bits per heavy atom. The van der Waals surface area contributed by atoms with E-state index in [1.165, 1.54) is 0 Å². The van der Waals surface area contributed by atoms with Crippen molar-refractivity contribution in [3.63, 3.8) is 0 Å². The summed E-state index contributed by atoms with van der Waals surface area (Å²) in [5.74, 6) is -0.0556. The number of fused-ring (bicyclic) bond motifs is 1. The molecule has 146 valence electrons. The second-order valence-electron chi connectivity index (χ2n) is 6.78. The first-order chi connectivity index (χ1) is 13.3. The Labute approximate surface area is 173 Å². The van der Waals surface area contributed by atoms with E-state index in [0.29, 0.717) is 46.6 Å². The van der Waals surface area contributed by atoms with Gasteiger partial charge in [0.05, 0.1) is 16.6 Å². The Bertz CT molecular complexity index is 1090. The quantitative estimate of drug-likeness (QED) is 0.774. The molecule has 0 radical (unpaired) electrons. The lowest BCUT2D eigenvalue weighted by molar-refractivity contribution is -0.121.